The van der Waals surface area contributed by atoms with Crippen LogP contribution in [-0.4, -0.2) is 37.5 Å². The Morgan fingerprint density at radius 2 is 2.04 bits per heavy atom. The standard InChI is InChI=1S/C19H19FN6O2/c1-12-17(26(24-23-12)15-5-3-14(20)4-6-15)11-28-18-7-2-13-10-25(19(21)27)9-8-16(13)22-18/h2-7H,8-11H2,1H3,(H2,21,27). The molecule has 0 bridgehead atoms. The van der Waals surface area contributed by atoms with Gasteiger partial charge in [-0.05, 0) is 36.8 Å². The maximum absolute atomic E-state index is 13.2. The highest BCUT2D eigenvalue weighted by Crippen LogP contribution is 2.21. The number of rotatable bonds is 4. The van der Waals surface area contributed by atoms with E-state index >= 15 is 0 Å². The summed E-state index contributed by atoms with van der Waals surface area (Å²) in [5.74, 6) is 0.170. The number of halogens is 1. The number of pyridine rings is 1. The van der Waals surface area contributed by atoms with Crippen LogP contribution in [0.5, 0.6) is 5.88 Å². The predicted molar refractivity (Wildman–Crippen MR) is 98.3 cm³/mol. The lowest BCUT2D eigenvalue weighted by atomic mass is 10.1. The lowest BCUT2D eigenvalue weighted by molar-refractivity contribution is 0.201. The van der Waals surface area contributed by atoms with Gasteiger partial charge in [-0.25, -0.2) is 18.9 Å². The van der Waals surface area contributed by atoms with E-state index < -0.39 is 6.03 Å². The average molecular weight is 382 g/mol. The largest absolute Gasteiger partial charge is 0.471 e. The quantitative estimate of drug-likeness (QED) is 0.745. The number of hydrogen-bond donors (Lipinski definition) is 1. The highest BCUT2D eigenvalue weighted by atomic mass is 19.1. The molecule has 0 radical (unpaired) electrons. The number of fused-ring (bicyclic) bond motifs is 1. The average Bonchev–Trinajstić information content (AvgIpc) is 3.06. The summed E-state index contributed by atoms with van der Waals surface area (Å²) < 4.78 is 20.7. The molecule has 8 nitrogen and oxygen atoms in total. The molecule has 0 fully saturated rings. The maximum atomic E-state index is 13.2. The van der Waals surface area contributed by atoms with Crippen molar-refractivity contribution in [2.45, 2.75) is 26.5 Å². The fraction of sp³-hybridized carbons (Fsp3) is 0.263. The highest BCUT2D eigenvalue weighted by Gasteiger charge is 2.20. The monoisotopic (exact) mass is 382 g/mol. The van der Waals surface area contributed by atoms with Gasteiger partial charge in [0, 0.05) is 25.6 Å². The number of primary amides is 1. The number of carbonyl (C=O) groups excluding carboxylic acids is 1. The van der Waals surface area contributed by atoms with Gasteiger partial charge < -0.3 is 15.4 Å². The molecule has 1 aliphatic rings. The number of benzene rings is 1. The number of carbonyl (C=O) groups is 1. The smallest absolute Gasteiger partial charge is 0.315 e. The number of ether oxygens (including phenoxy) is 1. The van der Waals surface area contributed by atoms with E-state index in [0.717, 1.165) is 22.6 Å². The molecular formula is C19H19FN6O2. The van der Waals surface area contributed by atoms with Crippen LogP contribution in [0.4, 0.5) is 9.18 Å². The SMILES string of the molecule is Cc1nnn(-c2ccc(F)cc2)c1COc1ccc2c(n1)CCN(C(N)=O)C2. The number of aryl methyl sites for hydroxylation is 1. The Hall–Kier alpha value is -3.49. The maximum Gasteiger partial charge on any atom is 0.315 e. The Labute approximate surface area is 160 Å². The first-order chi connectivity index (χ1) is 13.5. The van der Waals surface area contributed by atoms with Gasteiger partial charge in [0.05, 0.1) is 17.1 Å². The Bertz CT molecular complexity index is 1020. The van der Waals surface area contributed by atoms with Gasteiger partial charge in [0.2, 0.25) is 5.88 Å². The number of nitrogens with zero attached hydrogens (tertiary/aromatic N) is 5. The second-order valence-corrected chi connectivity index (χ2v) is 6.56. The molecule has 0 aliphatic carbocycles. The molecule has 0 unspecified atom stereocenters. The summed E-state index contributed by atoms with van der Waals surface area (Å²) in [5, 5.41) is 8.21. The molecule has 0 saturated carbocycles. The van der Waals surface area contributed by atoms with E-state index in [1.54, 1.807) is 27.8 Å². The summed E-state index contributed by atoms with van der Waals surface area (Å²) in [4.78, 5) is 17.5. The van der Waals surface area contributed by atoms with E-state index in [1.807, 2.05) is 13.0 Å². The Balaban J connectivity index is 1.51. The van der Waals surface area contributed by atoms with Crippen LogP contribution < -0.4 is 10.5 Å². The Morgan fingerprint density at radius 1 is 1.25 bits per heavy atom. The summed E-state index contributed by atoms with van der Waals surface area (Å²) in [6.45, 7) is 3.05. The highest BCUT2D eigenvalue weighted by molar-refractivity contribution is 5.72. The van der Waals surface area contributed by atoms with Crippen LogP contribution in [0.1, 0.15) is 22.6 Å². The number of amides is 2. The molecule has 1 aromatic carbocycles. The van der Waals surface area contributed by atoms with Gasteiger partial charge in [0.1, 0.15) is 18.1 Å². The van der Waals surface area contributed by atoms with Gasteiger partial charge in [-0.1, -0.05) is 11.3 Å². The third kappa shape index (κ3) is 3.51. The minimum Gasteiger partial charge on any atom is -0.471 e. The fourth-order valence-electron chi connectivity index (χ4n) is 3.14. The van der Waals surface area contributed by atoms with Crippen LogP contribution in [0.15, 0.2) is 36.4 Å². The van der Waals surface area contributed by atoms with Crippen LogP contribution in [0, 0.1) is 12.7 Å². The van der Waals surface area contributed by atoms with Crippen molar-refractivity contribution in [3.05, 3.63) is 64.9 Å². The van der Waals surface area contributed by atoms with E-state index in [4.69, 9.17) is 10.5 Å². The topological polar surface area (TPSA) is 99.2 Å². The molecule has 28 heavy (non-hydrogen) atoms. The van der Waals surface area contributed by atoms with Gasteiger partial charge in [-0.2, -0.15) is 0 Å². The summed E-state index contributed by atoms with van der Waals surface area (Å²) in [6, 6.07) is 9.25. The minimum atomic E-state index is -0.428. The van der Waals surface area contributed by atoms with E-state index in [0.29, 0.717) is 31.1 Å². The molecule has 1 aliphatic heterocycles. The Kier molecular flexibility index (Phi) is 4.64. The molecule has 0 atom stereocenters. The lowest BCUT2D eigenvalue weighted by Crippen LogP contribution is -2.39. The van der Waals surface area contributed by atoms with Gasteiger partial charge in [0.15, 0.2) is 0 Å². The van der Waals surface area contributed by atoms with Crippen molar-refractivity contribution in [2.75, 3.05) is 6.54 Å². The molecule has 9 heteroatoms. The first-order valence-electron chi connectivity index (χ1n) is 8.84. The molecule has 2 N–H and O–H groups in total. The zero-order valence-corrected chi connectivity index (χ0v) is 15.3. The summed E-state index contributed by atoms with van der Waals surface area (Å²) >= 11 is 0. The summed E-state index contributed by atoms with van der Waals surface area (Å²) in [7, 11) is 0. The molecule has 0 saturated heterocycles. The van der Waals surface area contributed by atoms with Crippen LogP contribution in [0.2, 0.25) is 0 Å². The van der Waals surface area contributed by atoms with Gasteiger partial charge >= 0.3 is 6.03 Å². The lowest BCUT2D eigenvalue weighted by Gasteiger charge is -2.26. The molecular weight excluding hydrogens is 363 g/mol. The third-order valence-electron chi connectivity index (χ3n) is 4.72. The van der Waals surface area contributed by atoms with Crippen molar-refractivity contribution in [1.82, 2.24) is 24.9 Å². The van der Waals surface area contributed by atoms with Gasteiger partial charge in [-0.15, -0.1) is 5.10 Å². The van der Waals surface area contributed by atoms with Crippen molar-refractivity contribution in [3.8, 4) is 11.6 Å². The van der Waals surface area contributed by atoms with Crippen LogP contribution >= 0.6 is 0 Å². The normalized spacial score (nSPS) is 13.3. The Morgan fingerprint density at radius 3 is 2.79 bits per heavy atom. The van der Waals surface area contributed by atoms with E-state index in [9.17, 15) is 9.18 Å². The van der Waals surface area contributed by atoms with E-state index in [2.05, 4.69) is 15.3 Å². The molecule has 2 amide bonds. The van der Waals surface area contributed by atoms with Crippen molar-refractivity contribution in [1.29, 1.82) is 0 Å². The molecule has 144 valence electrons. The zero-order chi connectivity index (χ0) is 19.7. The first kappa shape index (κ1) is 17.9. The molecule has 0 spiro atoms. The number of urea groups is 1. The number of hydrogen-bond acceptors (Lipinski definition) is 5. The summed E-state index contributed by atoms with van der Waals surface area (Å²) in [6.07, 6.45) is 0.629. The van der Waals surface area contributed by atoms with Crippen molar-refractivity contribution < 1.29 is 13.9 Å². The second kappa shape index (κ2) is 7.26. The van der Waals surface area contributed by atoms with Crippen LogP contribution in [0.25, 0.3) is 5.69 Å². The predicted octanol–water partition coefficient (Wildman–Crippen LogP) is 2.13. The molecule has 3 heterocycles. The number of nitrogens with two attached hydrogens (primary N) is 1. The van der Waals surface area contributed by atoms with Crippen LogP contribution in [0.3, 0.4) is 0 Å². The first-order valence-corrected chi connectivity index (χ1v) is 8.84. The van der Waals surface area contributed by atoms with Crippen LogP contribution in [-0.2, 0) is 19.6 Å². The third-order valence-corrected chi connectivity index (χ3v) is 4.72. The minimum absolute atomic E-state index is 0.218. The molecule has 2 aromatic heterocycles. The summed E-state index contributed by atoms with van der Waals surface area (Å²) in [5.41, 5.74) is 9.39. The van der Waals surface area contributed by atoms with Gasteiger partial charge in [0.25, 0.3) is 0 Å². The second-order valence-electron chi connectivity index (χ2n) is 6.56. The molecule has 3 aromatic rings. The van der Waals surface area contributed by atoms with Crippen molar-refractivity contribution in [2.24, 2.45) is 5.73 Å². The zero-order valence-electron chi connectivity index (χ0n) is 15.3. The van der Waals surface area contributed by atoms with Crippen molar-refractivity contribution in [3.63, 3.8) is 0 Å². The van der Waals surface area contributed by atoms with Crippen molar-refractivity contribution >= 4 is 6.03 Å². The van der Waals surface area contributed by atoms with E-state index in [1.165, 1.54) is 12.1 Å². The van der Waals surface area contributed by atoms with Gasteiger partial charge in [-0.3, -0.25) is 0 Å². The van der Waals surface area contributed by atoms with E-state index in [-0.39, 0.29) is 12.4 Å². The number of aromatic nitrogens is 4. The fourth-order valence-corrected chi connectivity index (χ4v) is 3.14. The molecule has 4 rings (SSSR count).